The minimum Gasteiger partial charge on any atom is -0.363 e. The van der Waals surface area contributed by atoms with Gasteiger partial charge in [0.2, 0.25) is 0 Å². The van der Waals surface area contributed by atoms with E-state index in [0.717, 1.165) is 17.9 Å². The minimum absolute atomic E-state index is 0.741. The number of hydrogen-bond donors (Lipinski definition) is 0. The van der Waals surface area contributed by atoms with Gasteiger partial charge in [0, 0.05) is 23.9 Å². The largest absolute Gasteiger partial charge is 0.363 e. The number of carbonyl (C=O) groups excluding carboxylic acids is 1. The maximum absolute atomic E-state index is 10.6. The van der Waals surface area contributed by atoms with Gasteiger partial charge in [-0.05, 0) is 24.5 Å². The van der Waals surface area contributed by atoms with E-state index in [-0.39, 0.29) is 0 Å². The topological polar surface area (TPSA) is 20.3 Å². The van der Waals surface area contributed by atoms with Crippen LogP contribution in [0, 0.1) is 0 Å². The van der Waals surface area contributed by atoms with Crippen LogP contribution in [0.2, 0.25) is 0 Å². The lowest BCUT2D eigenvalue weighted by molar-refractivity contribution is 0.112. The SMILES string of the molecule is O=Cc1ccc(/C=C2/SC[C@@H]3CCCN23)cc1. The number of benzene rings is 1. The van der Waals surface area contributed by atoms with E-state index in [1.807, 2.05) is 36.0 Å². The van der Waals surface area contributed by atoms with Crippen LogP contribution in [0.3, 0.4) is 0 Å². The lowest BCUT2D eigenvalue weighted by Gasteiger charge is -2.17. The van der Waals surface area contributed by atoms with Crippen molar-refractivity contribution in [2.75, 3.05) is 12.3 Å². The molecule has 0 bridgehead atoms. The summed E-state index contributed by atoms with van der Waals surface area (Å²) in [5.74, 6) is 1.23. The van der Waals surface area contributed by atoms with Crippen LogP contribution in [0.1, 0.15) is 28.8 Å². The third-order valence-electron chi connectivity index (χ3n) is 3.45. The molecule has 3 heteroatoms. The molecule has 2 aliphatic heterocycles. The molecule has 1 aromatic rings. The van der Waals surface area contributed by atoms with E-state index >= 15 is 0 Å². The van der Waals surface area contributed by atoms with Gasteiger partial charge in [0.15, 0.2) is 0 Å². The number of aldehydes is 1. The second-order valence-electron chi connectivity index (χ2n) is 4.57. The predicted molar refractivity (Wildman–Crippen MR) is 72.0 cm³/mol. The molecule has 3 rings (SSSR count). The molecular formula is C14H15NOS. The van der Waals surface area contributed by atoms with Gasteiger partial charge in [-0.3, -0.25) is 4.79 Å². The van der Waals surface area contributed by atoms with Crippen molar-refractivity contribution in [2.45, 2.75) is 18.9 Å². The monoisotopic (exact) mass is 245 g/mol. The lowest BCUT2D eigenvalue weighted by Crippen LogP contribution is -2.22. The summed E-state index contributed by atoms with van der Waals surface area (Å²) < 4.78 is 0. The fourth-order valence-electron chi connectivity index (χ4n) is 2.50. The zero-order chi connectivity index (χ0) is 11.7. The molecule has 2 heterocycles. The number of thioether (sulfide) groups is 1. The van der Waals surface area contributed by atoms with Gasteiger partial charge in [-0.15, -0.1) is 11.8 Å². The van der Waals surface area contributed by atoms with E-state index in [9.17, 15) is 4.79 Å². The Bertz CT molecular complexity index is 452. The van der Waals surface area contributed by atoms with Crippen LogP contribution in [0.5, 0.6) is 0 Å². The average Bonchev–Trinajstić information content (AvgIpc) is 2.95. The Morgan fingerprint density at radius 2 is 2.00 bits per heavy atom. The third kappa shape index (κ3) is 2.12. The van der Waals surface area contributed by atoms with Crippen molar-refractivity contribution in [3.8, 4) is 0 Å². The van der Waals surface area contributed by atoms with Gasteiger partial charge in [0.25, 0.3) is 0 Å². The molecule has 0 aliphatic carbocycles. The van der Waals surface area contributed by atoms with Gasteiger partial charge in [0.1, 0.15) is 6.29 Å². The van der Waals surface area contributed by atoms with E-state index in [2.05, 4.69) is 11.0 Å². The molecule has 0 unspecified atom stereocenters. The fraction of sp³-hybridized carbons (Fsp3) is 0.357. The molecule has 0 amide bonds. The Hall–Kier alpha value is -1.22. The Morgan fingerprint density at radius 3 is 2.76 bits per heavy atom. The van der Waals surface area contributed by atoms with Gasteiger partial charge in [0.05, 0.1) is 5.03 Å². The second-order valence-corrected chi connectivity index (χ2v) is 5.61. The second kappa shape index (κ2) is 4.57. The molecule has 2 saturated heterocycles. The Kier molecular flexibility index (Phi) is 2.93. The molecule has 2 fully saturated rings. The summed E-state index contributed by atoms with van der Waals surface area (Å²) >= 11 is 1.96. The van der Waals surface area contributed by atoms with Crippen LogP contribution in [0.25, 0.3) is 6.08 Å². The first-order chi connectivity index (χ1) is 8.36. The first kappa shape index (κ1) is 10.9. The summed E-state index contributed by atoms with van der Waals surface area (Å²) in [6, 6.07) is 8.54. The highest BCUT2D eigenvalue weighted by Gasteiger charge is 2.32. The number of carbonyl (C=O) groups is 1. The Balaban J connectivity index is 1.82. The summed E-state index contributed by atoms with van der Waals surface area (Å²) in [6.07, 6.45) is 5.80. The smallest absolute Gasteiger partial charge is 0.150 e. The molecule has 0 aromatic heterocycles. The molecule has 1 atom stereocenters. The van der Waals surface area contributed by atoms with Crippen molar-refractivity contribution < 1.29 is 4.79 Å². The van der Waals surface area contributed by atoms with Crippen LogP contribution in [-0.2, 0) is 0 Å². The Labute approximate surface area is 106 Å². The molecule has 1 aromatic carbocycles. The fourth-order valence-corrected chi connectivity index (χ4v) is 3.84. The van der Waals surface area contributed by atoms with Crippen LogP contribution in [0.4, 0.5) is 0 Å². The highest BCUT2D eigenvalue weighted by Crippen LogP contribution is 2.39. The first-order valence-electron chi connectivity index (χ1n) is 6.03. The molecule has 0 radical (unpaired) electrons. The average molecular weight is 245 g/mol. The summed E-state index contributed by atoms with van der Waals surface area (Å²) in [7, 11) is 0. The molecule has 0 N–H and O–H groups in total. The van der Waals surface area contributed by atoms with E-state index in [4.69, 9.17) is 0 Å². The van der Waals surface area contributed by atoms with Crippen molar-refractivity contribution >= 4 is 24.1 Å². The number of hydrogen-bond acceptors (Lipinski definition) is 3. The number of nitrogens with zero attached hydrogens (tertiary/aromatic N) is 1. The van der Waals surface area contributed by atoms with Gasteiger partial charge in [-0.25, -0.2) is 0 Å². The van der Waals surface area contributed by atoms with Crippen molar-refractivity contribution in [2.24, 2.45) is 0 Å². The van der Waals surface area contributed by atoms with E-state index in [1.165, 1.54) is 35.7 Å². The van der Waals surface area contributed by atoms with Crippen molar-refractivity contribution in [1.29, 1.82) is 0 Å². The molecule has 2 nitrogen and oxygen atoms in total. The van der Waals surface area contributed by atoms with Gasteiger partial charge in [-0.2, -0.15) is 0 Å². The summed E-state index contributed by atoms with van der Waals surface area (Å²) in [5.41, 5.74) is 1.93. The Morgan fingerprint density at radius 1 is 1.24 bits per heavy atom. The summed E-state index contributed by atoms with van der Waals surface area (Å²) in [5, 5.41) is 1.39. The maximum atomic E-state index is 10.6. The van der Waals surface area contributed by atoms with Crippen LogP contribution in [0.15, 0.2) is 29.3 Å². The van der Waals surface area contributed by atoms with Crippen molar-refractivity contribution in [1.82, 2.24) is 4.90 Å². The molecule has 2 aliphatic rings. The highest BCUT2D eigenvalue weighted by atomic mass is 32.2. The van der Waals surface area contributed by atoms with Crippen molar-refractivity contribution in [3.05, 3.63) is 40.4 Å². The minimum atomic E-state index is 0.741. The van der Waals surface area contributed by atoms with Gasteiger partial charge >= 0.3 is 0 Å². The quantitative estimate of drug-likeness (QED) is 0.747. The predicted octanol–water partition coefficient (Wildman–Crippen LogP) is 3.01. The maximum Gasteiger partial charge on any atom is 0.150 e. The van der Waals surface area contributed by atoms with Crippen LogP contribution in [-0.4, -0.2) is 29.5 Å². The number of fused-ring (bicyclic) bond motifs is 1. The molecular weight excluding hydrogens is 230 g/mol. The van der Waals surface area contributed by atoms with Crippen molar-refractivity contribution in [3.63, 3.8) is 0 Å². The van der Waals surface area contributed by atoms with Crippen LogP contribution < -0.4 is 0 Å². The molecule has 0 spiro atoms. The highest BCUT2D eigenvalue weighted by molar-refractivity contribution is 8.03. The van der Waals surface area contributed by atoms with E-state index in [1.54, 1.807) is 0 Å². The van der Waals surface area contributed by atoms with Gasteiger partial charge < -0.3 is 4.90 Å². The molecule has 17 heavy (non-hydrogen) atoms. The van der Waals surface area contributed by atoms with E-state index < -0.39 is 0 Å². The zero-order valence-electron chi connectivity index (χ0n) is 9.63. The zero-order valence-corrected chi connectivity index (χ0v) is 10.5. The van der Waals surface area contributed by atoms with Gasteiger partial charge in [-0.1, -0.05) is 24.3 Å². The van der Waals surface area contributed by atoms with Crippen LogP contribution >= 0.6 is 11.8 Å². The molecule has 0 saturated carbocycles. The summed E-state index contributed by atoms with van der Waals surface area (Å²) in [6.45, 7) is 1.20. The van der Waals surface area contributed by atoms with E-state index in [0.29, 0.717) is 0 Å². The number of rotatable bonds is 2. The summed E-state index contributed by atoms with van der Waals surface area (Å²) in [4.78, 5) is 13.1. The lowest BCUT2D eigenvalue weighted by atomic mass is 10.1. The first-order valence-corrected chi connectivity index (χ1v) is 7.02. The standard InChI is InChI=1S/C14H15NOS/c16-9-12-5-3-11(4-6-12)8-14-15-7-1-2-13(15)10-17-14/h3-6,8-9,13H,1-2,7,10H2/b14-8+/t13-/m0/s1. The molecule has 88 valence electrons. The normalized spacial score (nSPS) is 25.3. The third-order valence-corrected chi connectivity index (χ3v) is 4.65.